The number of hydrogen-bond acceptors (Lipinski definition) is 2. The SMILES string of the molecule is O=S(=O)(c1ccc(-c2cccc3c2Cc2ccccc2-3)cc1Br)C(F)(F)F. The molecule has 0 saturated heterocycles. The van der Waals surface area contributed by atoms with Crippen molar-refractivity contribution in [2.75, 3.05) is 0 Å². The summed E-state index contributed by atoms with van der Waals surface area (Å²) in [6.45, 7) is 0. The van der Waals surface area contributed by atoms with E-state index in [2.05, 4.69) is 15.9 Å². The highest BCUT2D eigenvalue weighted by Crippen LogP contribution is 2.43. The van der Waals surface area contributed by atoms with Crippen LogP contribution in [0.15, 0.2) is 70.0 Å². The molecule has 0 N–H and O–H groups in total. The van der Waals surface area contributed by atoms with Gasteiger partial charge in [0.15, 0.2) is 0 Å². The zero-order valence-electron chi connectivity index (χ0n) is 13.7. The molecule has 0 aromatic heterocycles. The Morgan fingerprint density at radius 2 is 1.52 bits per heavy atom. The van der Waals surface area contributed by atoms with E-state index < -0.39 is 20.2 Å². The van der Waals surface area contributed by atoms with Gasteiger partial charge in [0.2, 0.25) is 0 Å². The number of rotatable bonds is 2. The van der Waals surface area contributed by atoms with Crippen molar-refractivity contribution in [3.8, 4) is 22.3 Å². The minimum Gasteiger partial charge on any atom is -0.214 e. The molecule has 0 spiro atoms. The standard InChI is InChI=1S/C20H12BrF3O2S/c21-18-11-13(8-9-19(18)27(25,26)20(22,23)24)15-6-3-7-16-14-5-2-1-4-12(14)10-17(15)16/h1-9,11H,10H2. The van der Waals surface area contributed by atoms with Crippen molar-refractivity contribution in [1.82, 2.24) is 0 Å². The Kier molecular flexibility index (Phi) is 4.20. The summed E-state index contributed by atoms with van der Waals surface area (Å²) in [6, 6.07) is 17.7. The van der Waals surface area contributed by atoms with Crippen molar-refractivity contribution in [3.63, 3.8) is 0 Å². The topological polar surface area (TPSA) is 34.1 Å². The zero-order valence-corrected chi connectivity index (χ0v) is 16.1. The highest BCUT2D eigenvalue weighted by molar-refractivity contribution is 9.10. The van der Waals surface area contributed by atoms with Crippen molar-refractivity contribution < 1.29 is 21.6 Å². The van der Waals surface area contributed by atoms with Crippen LogP contribution >= 0.6 is 15.9 Å². The third kappa shape index (κ3) is 2.89. The van der Waals surface area contributed by atoms with Gasteiger partial charge in [0, 0.05) is 4.47 Å². The van der Waals surface area contributed by atoms with Crippen LogP contribution in [-0.2, 0) is 16.3 Å². The van der Waals surface area contributed by atoms with Gasteiger partial charge in [-0.3, -0.25) is 0 Å². The van der Waals surface area contributed by atoms with Crippen molar-refractivity contribution in [1.29, 1.82) is 0 Å². The van der Waals surface area contributed by atoms with E-state index in [0.29, 0.717) is 5.56 Å². The van der Waals surface area contributed by atoms with Gasteiger partial charge in [0.1, 0.15) is 0 Å². The molecule has 0 heterocycles. The molecule has 0 amide bonds. The Bertz CT molecular complexity index is 1170. The molecule has 1 aliphatic carbocycles. The lowest BCUT2D eigenvalue weighted by atomic mass is 9.96. The minimum absolute atomic E-state index is 0.106. The molecular formula is C20H12BrF3O2S. The van der Waals surface area contributed by atoms with Crippen LogP contribution < -0.4 is 0 Å². The van der Waals surface area contributed by atoms with Gasteiger partial charge in [-0.15, -0.1) is 0 Å². The van der Waals surface area contributed by atoms with Gasteiger partial charge in [-0.1, -0.05) is 48.5 Å². The highest BCUT2D eigenvalue weighted by Gasteiger charge is 2.47. The largest absolute Gasteiger partial charge is 0.501 e. The molecule has 0 unspecified atom stereocenters. The Labute approximate surface area is 162 Å². The van der Waals surface area contributed by atoms with Gasteiger partial charge in [-0.05, 0) is 67.9 Å². The third-order valence-corrected chi connectivity index (χ3v) is 7.15. The first kappa shape index (κ1) is 18.3. The lowest BCUT2D eigenvalue weighted by Crippen LogP contribution is -2.23. The molecule has 0 bridgehead atoms. The molecule has 0 atom stereocenters. The van der Waals surface area contributed by atoms with E-state index >= 15 is 0 Å². The quantitative estimate of drug-likeness (QED) is 0.374. The summed E-state index contributed by atoms with van der Waals surface area (Å²) in [5, 5.41) is 0. The Morgan fingerprint density at radius 1 is 0.852 bits per heavy atom. The maximum Gasteiger partial charge on any atom is 0.501 e. The molecule has 3 aromatic carbocycles. The Balaban J connectivity index is 1.83. The second kappa shape index (κ2) is 6.21. The van der Waals surface area contributed by atoms with Crippen molar-refractivity contribution in [2.45, 2.75) is 16.8 Å². The fourth-order valence-corrected chi connectivity index (χ4v) is 5.27. The average molecular weight is 453 g/mol. The summed E-state index contributed by atoms with van der Waals surface area (Å²) < 4.78 is 61.8. The van der Waals surface area contributed by atoms with E-state index in [-0.39, 0.29) is 4.47 Å². The van der Waals surface area contributed by atoms with Gasteiger partial charge in [-0.25, -0.2) is 8.42 Å². The lowest BCUT2D eigenvalue weighted by Gasteiger charge is -2.13. The summed E-state index contributed by atoms with van der Waals surface area (Å²) in [5.41, 5.74) is 0.698. The Hall–Kier alpha value is -2.12. The van der Waals surface area contributed by atoms with Gasteiger partial charge in [0.05, 0.1) is 4.90 Å². The summed E-state index contributed by atoms with van der Waals surface area (Å²) in [6.07, 6.45) is 0.724. The van der Waals surface area contributed by atoms with E-state index in [1.54, 1.807) is 0 Å². The molecule has 0 fully saturated rings. The number of sulfone groups is 1. The smallest absolute Gasteiger partial charge is 0.214 e. The molecule has 2 nitrogen and oxygen atoms in total. The predicted octanol–water partition coefficient (Wildman–Crippen LogP) is 5.98. The molecule has 0 saturated carbocycles. The number of fused-ring (bicyclic) bond motifs is 3. The van der Waals surface area contributed by atoms with E-state index in [9.17, 15) is 21.6 Å². The lowest BCUT2D eigenvalue weighted by molar-refractivity contribution is -0.0436. The van der Waals surface area contributed by atoms with Crippen LogP contribution in [0, 0.1) is 0 Å². The van der Waals surface area contributed by atoms with Crippen LogP contribution in [0.25, 0.3) is 22.3 Å². The van der Waals surface area contributed by atoms with E-state index in [1.165, 1.54) is 17.7 Å². The molecule has 7 heteroatoms. The molecule has 3 aromatic rings. The van der Waals surface area contributed by atoms with Crippen LogP contribution in [-0.4, -0.2) is 13.9 Å². The van der Waals surface area contributed by atoms with E-state index in [1.807, 2.05) is 42.5 Å². The number of alkyl halides is 3. The summed E-state index contributed by atoms with van der Waals surface area (Å²) >= 11 is 3.00. The third-order valence-electron chi connectivity index (χ3n) is 4.69. The normalized spacial score (nSPS) is 13.3. The van der Waals surface area contributed by atoms with Crippen LogP contribution in [0.5, 0.6) is 0 Å². The summed E-state index contributed by atoms with van der Waals surface area (Å²) in [4.78, 5) is -0.783. The minimum atomic E-state index is -5.41. The van der Waals surface area contributed by atoms with Gasteiger partial charge < -0.3 is 0 Å². The monoisotopic (exact) mass is 452 g/mol. The fraction of sp³-hybridized carbons (Fsp3) is 0.100. The molecule has 0 aliphatic heterocycles. The molecule has 27 heavy (non-hydrogen) atoms. The van der Waals surface area contributed by atoms with Crippen molar-refractivity contribution in [3.05, 3.63) is 76.3 Å². The van der Waals surface area contributed by atoms with E-state index in [4.69, 9.17) is 0 Å². The first-order chi connectivity index (χ1) is 12.7. The summed E-state index contributed by atoms with van der Waals surface area (Å²) in [7, 11) is -5.41. The van der Waals surface area contributed by atoms with Gasteiger partial charge >= 0.3 is 5.51 Å². The molecular weight excluding hydrogens is 441 g/mol. The maximum absolute atomic E-state index is 12.8. The molecule has 138 valence electrons. The maximum atomic E-state index is 12.8. The van der Waals surface area contributed by atoms with E-state index in [0.717, 1.165) is 34.7 Å². The van der Waals surface area contributed by atoms with Crippen LogP contribution in [0.1, 0.15) is 11.1 Å². The molecule has 1 aliphatic rings. The molecule has 4 rings (SSSR count). The van der Waals surface area contributed by atoms with Gasteiger partial charge in [-0.2, -0.15) is 13.2 Å². The van der Waals surface area contributed by atoms with Crippen LogP contribution in [0.2, 0.25) is 0 Å². The molecule has 0 radical (unpaired) electrons. The van der Waals surface area contributed by atoms with Crippen LogP contribution in [0.4, 0.5) is 13.2 Å². The second-order valence-electron chi connectivity index (χ2n) is 6.26. The second-order valence-corrected chi connectivity index (χ2v) is 9.02. The number of hydrogen-bond donors (Lipinski definition) is 0. The first-order valence-corrected chi connectivity index (χ1v) is 10.3. The fourth-order valence-electron chi connectivity index (χ4n) is 3.44. The summed E-state index contributed by atoms with van der Waals surface area (Å²) in [5.74, 6) is 0. The van der Waals surface area contributed by atoms with Gasteiger partial charge in [0.25, 0.3) is 9.84 Å². The highest BCUT2D eigenvalue weighted by atomic mass is 79.9. The van der Waals surface area contributed by atoms with Crippen molar-refractivity contribution >= 4 is 25.8 Å². The predicted molar refractivity (Wildman–Crippen MR) is 101 cm³/mol. The number of halogens is 4. The zero-order chi connectivity index (χ0) is 19.4. The van der Waals surface area contributed by atoms with Crippen molar-refractivity contribution in [2.24, 2.45) is 0 Å². The average Bonchev–Trinajstić information content (AvgIpc) is 2.99. The van der Waals surface area contributed by atoms with Crippen LogP contribution in [0.3, 0.4) is 0 Å². The first-order valence-electron chi connectivity index (χ1n) is 8.01. The Morgan fingerprint density at radius 3 is 2.22 bits per heavy atom. The number of benzene rings is 3.